The van der Waals surface area contributed by atoms with Crippen molar-refractivity contribution in [2.75, 3.05) is 44.3 Å². The first kappa shape index (κ1) is 23.9. The largest absolute Gasteiger partial charge is 0.450 e. The molecule has 10 nitrogen and oxygen atoms in total. The summed E-state index contributed by atoms with van der Waals surface area (Å²) < 4.78 is 32.5. The van der Waals surface area contributed by atoms with Crippen molar-refractivity contribution >= 4 is 49.3 Å². The van der Waals surface area contributed by atoms with E-state index in [-0.39, 0.29) is 32.8 Å². The second-order valence-corrected chi connectivity index (χ2v) is 10.6. The van der Waals surface area contributed by atoms with Crippen molar-refractivity contribution in [2.24, 2.45) is 12.0 Å². The fraction of sp³-hybridized carbons (Fsp3) is 0.500. The lowest BCUT2D eigenvalue weighted by Gasteiger charge is -2.34. The lowest BCUT2D eigenvalue weighted by atomic mass is 10.2. The van der Waals surface area contributed by atoms with Gasteiger partial charge in [0.1, 0.15) is 11.5 Å². The molecule has 0 radical (unpaired) electrons. The van der Waals surface area contributed by atoms with Gasteiger partial charge in [-0.25, -0.2) is 13.2 Å². The molecule has 32 heavy (non-hydrogen) atoms. The highest BCUT2D eigenvalue weighted by Gasteiger charge is 2.28. The maximum atomic E-state index is 12.4. The number of fused-ring (bicyclic) bond motifs is 1. The van der Waals surface area contributed by atoms with E-state index >= 15 is 0 Å². The number of aromatic nitrogens is 1. The number of rotatable bonds is 5. The molecular formula is C20H26N4O6S2. The number of piperazine rings is 1. The Labute approximate surface area is 190 Å². The van der Waals surface area contributed by atoms with Gasteiger partial charge in [0.2, 0.25) is 5.91 Å². The molecule has 3 rings (SSSR count). The summed E-state index contributed by atoms with van der Waals surface area (Å²) in [4.78, 5) is 43.7. The zero-order valence-electron chi connectivity index (χ0n) is 18.2. The Morgan fingerprint density at radius 1 is 1.09 bits per heavy atom. The number of hydrogen-bond acceptors (Lipinski definition) is 7. The van der Waals surface area contributed by atoms with Crippen LogP contribution in [0.4, 0.5) is 4.79 Å². The highest BCUT2D eigenvalue weighted by molar-refractivity contribution is 7.92. The molecule has 0 saturated carbocycles. The Morgan fingerprint density at radius 3 is 2.41 bits per heavy atom. The molecule has 1 saturated heterocycles. The lowest BCUT2D eigenvalue weighted by molar-refractivity contribution is -0.130. The zero-order valence-corrected chi connectivity index (χ0v) is 19.9. The van der Waals surface area contributed by atoms with Crippen molar-refractivity contribution < 1.29 is 27.5 Å². The van der Waals surface area contributed by atoms with Gasteiger partial charge < -0.3 is 19.1 Å². The standard InChI is InChI=1S/C20H26N4O6S2/c1-4-30-20(27)24-9-7-23(8-10-24)18(26)13-32(28,29)12-17(25)21-19-22(3)15-6-5-14(2)11-16(15)31-19/h5-6,11H,4,7-10,12-13H2,1-3H3. The molecule has 1 aromatic heterocycles. The predicted molar refractivity (Wildman–Crippen MR) is 120 cm³/mol. The van der Waals surface area contributed by atoms with Crippen molar-refractivity contribution in [3.8, 4) is 0 Å². The summed E-state index contributed by atoms with van der Waals surface area (Å²) in [6, 6.07) is 5.84. The Balaban J connectivity index is 1.61. The molecule has 12 heteroatoms. The SMILES string of the molecule is CCOC(=O)N1CCN(C(=O)CS(=O)(=O)CC(=O)N=c2sc3cc(C)ccc3n2C)CC1. The van der Waals surface area contributed by atoms with Gasteiger partial charge in [0.15, 0.2) is 14.6 Å². The van der Waals surface area contributed by atoms with Crippen molar-refractivity contribution in [1.82, 2.24) is 14.4 Å². The van der Waals surface area contributed by atoms with Gasteiger partial charge in [-0.1, -0.05) is 17.4 Å². The predicted octanol–water partition coefficient (Wildman–Crippen LogP) is 0.691. The summed E-state index contributed by atoms with van der Waals surface area (Å²) in [5, 5.41) is 0. The molecular weight excluding hydrogens is 456 g/mol. The third-order valence-corrected chi connectivity index (χ3v) is 7.50. The van der Waals surface area contributed by atoms with E-state index in [1.54, 1.807) is 18.5 Å². The number of sulfone groups is 1. The molecule has 1 fully saturated rings. The van der Waals surface area contributed by atoms with Crippen LogP contribution in [-0.4, -0.2) is 85.0 Å². The first-order chi connectivity index (χ1) is 15.1. The number of thiazole rings is 1. The van der Waals surface area contributed by atoms with Gasteiger partial charge in [0.05, 0.1) is 16.8 Å². The molecule has 174 valence electrons. The minimum Gasteiger partial charge on any atom is -0.450 e. The summed E-state index contributed by atoms with van der Waals surface area (Å²) in [5.41, 5.74) is 1.97. The smallest absolute Gasteiger partial charge is 0.409 e. The van der Waals surface area contributed by atoms with Crippen LogP contribution in [0, 0.1) is 6.92 Å². The van der Waals surface area contributed by atoms with E-state index in [4.69, 9.17) is 4.74 Å². The van der Waals surface area contributed by atoms with Gasteiger partial charge in [0, 0.05) is 33.2 Å². The highest BCUT2D eigenvalue weighted by atomic mass is 32.2. The highest BCUT2D eigenvalue weighted by Crippen LogP contribution is 2.17. The van der Waals surface area contributed by atoms with E-state index in [0.717, 1.165) is 15.8 Å². The first-order valence-electron chi connectivity index (χ1n) is 10.1. The number of aryl methyl sites for hydroxylation is 2. The van der Waals surface area contributed by atoms with Crippen LogP contribution < -0.4 is 4.80 Å². The fourth-order valence-electron chi connectivity index (χ4n) is 3.36. The molecule has 2 aromatic rings. The maximum Gasteiger partial charge on any atom is 0.409 e. The molecule has 2 heterocycles. The number of carbonyl (C=O) groups excluding carboxylic acids is 3. The normalized spacial score (nSPS) is 15.3. The number of amides is 3. The third kappa shape index (κ3) is 5.74. The molecule has 1 aromatic carbocycles. The molecule has 0 aliphatic carbocycles. The monoisotopic (exact) mass is 482 g/mol. The van der Waals surface area contributed by atoms with Crippen molar-refractivity contribution in [3.05, 3.63) is 28.6 Å². The van der Waals surface area contributed by atoms with Crippen LogP contribution in [-0.2, 0) is 31.2 Å². The number of nitrogens with zero attached hydrogens (tertiary/aromatic N) is 4. The van der Waals surface area contributed by atoms with Gasteiger partial charge in [0.25, 0.3) is 5.91 Å². The zero-order chi connectivity index (χ0) is 23.5. The van der Waals surface area contributed by atoms with Gasteiger partial charge in [-0.2, -0.15) is 4.99 Å². The molecule has 0 spiro atoms. The Morgan fingerprint density at radius 2 is 1.75 bits per heavy atom. The molecule has 0 unspecified atom stereocenters. The molecule has 3 amide bonds. The fourth-order valence-corrected chi connectivity index (χ4v) is 5.59. The Bertz CT molecular complexity index is 1210. The molecule has 1 aliphatic rings. The summed E-state index contributed by atoms with van der Waals surface area (Å²) in [5.74, 6) is -3.02. The summed E-state index contributed by atoms with van der Waals surface area (Å²) in [6.07, 6.45) is -0.455. The molecule has 1 aliphatic heterocycles. The van der Waals surface area contributed by atoms with Gasteiger partial charge >= 0.3 is 6.09 Å². The average Bonchev–Trinajstić information content (AvgIpc) is 3.01. The van der Waals surface area contributed by atoms with E-state index in [0.29, 0.717) is 4.80 Å². The first-order valence-corrected chi connectivity index (χ1v) is 12.8. The van der Waals surface area contributed by atoms with Gasteiger partial charge in [-0.05, 0) is 31.5 Å². The van der Waals surface area contributed by atoms with Gasteiger partial charge in [-0.15, -0.1) is 0 Å². The number of ether oxygens (including phenoxy) is 1. The van der Waals surface area contributed by atoms with Crippen molar-refractivity contribution in [1.29, 1.82) is 0 Å². The molecule has 0 N–H and O–H groups in total. The topological polar surface area (TPSA) is 118 Å². The quantitative estimate of drug-likeness (QED) is 0.619. The molecule has 0 atom stereocenters. The van der Waals surface area contributed by atoms with Crippen LogP contribution >= 0.6 is 11.3 Å². The van der Waals surface area contributed by atoms with E-state index in [2.05, 4.69) is 4.99 Å². The van der Waals surface area contributed by atoms with Gasteiger partial charge in [-0.3, -0.25) is 9.59 Å². The summed E-state index contributed by atoms with van der Waals surface area (Å²) in [7, 11) is -2.22. The van der Waals surface area contributed by atoms with E-state index in [1.165, 1.54) is 21.1 Å². The lowest BCUT2D eigenvalue weighted by Crippen LogP contribution is -2.52. The van der Waals surface area contributed by atoms with E-state index in [9.17, 15) is 22.8 Å². The minimum atomic E-state index is -3.98. The summed E-state index contributed by atoms with van der Waals surface area (Å²) in [6.45, 7) is 4.88. The number of benzene rings is 1. The average molecular weight is 483 g/mol. The number of hydrogen-bond donors (Lipinski definition) is 0. The van der Waals surface area contributed by atoms with Crippen LogP contribution in [0.1, 0.15) is 12.5 Å². The maximum absolute atomic E-state index is 12.4. The Hall–Kier alpha value is -2.73. The second kappa shape index (κ2) is 9.82. The van der Waals surface area contributed by atoms with Crippen LogP contribution in [0.5, 0.6) is 0 Å². The van der Waals surface area contributed by atoms with E-state index in [1.807, 2.05) is 25.1 Å². The Kier molecular flexibility index (Phi) is 7.34. The summed E-state index contributed by atoms with van der Waals surface area (Å²) >= 11 is 1.30. The van der Waals surface area contributed by atoms with Crippen molar-refractivity contribution in [2.45, 2.75) is 13.8 Å². The van der Waals surface area contributed by atoms with Crippen LogP contribution in [0.25, 0.3) is 10.2 Å². The van der Waals surface area contributed by atoms with Crippen LogP contribution in [0.3, 0.4) is 0 Å². The second-order valence-electron chi connectivity index (χ2n) is 7.52. The minimum absolute atomic E-state index is 0.211. The number of carbonyl (C=O) groups is 3. The van der Waals surface area contributed by atoms with E-state index < -0.39 is 39.3 Å². The van der Waals surface area contributed by atoms with Crippen molar-refractivity contribution in [3.63, 3.8) is 0 Å². The molecule has 0 bridgehead atoms. The van der Waals surface area contributed by atoms with Crippen LogP contribution in [0.2, 0.25) is 0 Å². The van der Waals surface area contributed by atoms with Crippen LogP contribution in [0.15, 0.2) is 23.2 Å². The third-order valence-electron chi connectivity index (χ3n) is 5.03.